The molecule has 1 rings (SSSR count). The van der Waals surface area contributed by atoms with Crippen LogP contribution in [0.2, 0.25) is 0 Å². The second-order valence-corrected chi connectivity index (χ2v) is 3.47. The van der Waals surface area contributed by atoms with E-state index in [9.17, 15) is 9.59 Å². The minimum atomic E-state index is -1.14. The van der Waals surface area contributed by atoms with E-state index in [-0.39, 0.29) is 11.4 Å². The van der Waals surface area contributed by atoms with Gasteiger partial charge in [-0.25, -0.2) is 14.6 Å². The van der Waals surface area contributed by atoms with Gasteiger partial charge in [-0.15, -0.1) is 0 Å². The van der Waals surface area contributed by atoms with Crippen molar-refractivity contribution in [2.45, 2.75) is 0 Å². The number of methoxy groups -OCH3 is 1. The molecule has 0 radical (unpaired) electrons. The van der Waals surface area contributed by atoms with Crippen molar-refractivity contribution in [3.63, 3.8) is 0 Å². The van der Waals surface area contributed by atoms with E-state index in [0.717, 1.165) is 0 Å². The summed E-state index contributed by atoms with van der Waals surface area (Å²) in [7, 11) is 1.20. The summed E-state index contributed by atoms with van der Waals surface area (Å²) in [6.07, 6.45) is 0. The lowest BCUT2D eigenvalue weighted by Crippen LogP contribution is -2.13. The quantitative estimate of drug-likeness (QED) is 0.660. The van der Waals surface area contributed by atoms with E-state index in [1.54, 1.807) is 0 Å². The molecule has 0 unspecified atom stereocenters. The SMILES string of the molecule is COC(=O)c1nc(Br)ccc1OCC(=O)O. The highest BCUT2D eigenvalue weighted by Gasteiger charge is 2.16. The molecule has 7 heteroatoms. The van der Waals surface area contributed by atoms with Gasteiger partial charge in [0.15, 0.2) is 18.1 Å². The molecule has 0 atom stereocenters. The summed E-state index contributed by atoms with van der Waals surface area (Å²) < 4.78 is 9.81. The zero-order valence-corrected chi connectivity index (χ0v) is 9.85. The number of carbonyl (C=O) groups excluding carboxylic acids is 1. The highest BCUT2D eigenvalue weighted by molar-refractivity contribution is 9.10. The Morgan fingerprint density at radius 1 is 1.50 bits per heavy atom. The van der Waals surface area contributed by atoms with Crippen molar-refractivity contribution in [3.8, 4) is 5.75 Å². The molecule has 0 bridgehead atoms. The summed E-state index contributed by atoms with van der Waals surface area (Å²) in [4.78, 5) is 25.5. The number of hydrogen-bond acceptors (Lipinski definition) is 5. The average Bonchev–Trinajstić information content (AvgIpc) is 2.26. The number of hydrogen-bond donors (Lipinski definition) is 1. The number of rotatable bonds is 4. The maximum atomic E-state index is 11.3. The summed E-state index contributed by atoms with van der Waals surface area (Å²) in [6, 6.07) is 2.97. The lowest BCUT2D eigenvalue weighted by molar-refractivity contribution is -0.139. The summed E-state index contributed by atoms with van der Waals surface area (Å²) in [6.45, 7) is -0.548. The van der Waals surface area contributed by atoms with Crippen LogP contribution in [0, 0.1) is 0 Å². The number of carboxylic acids is 1. The second-order valence-electron chi connectivity index (χ2n) is 2.65. The Balaban J connectivity index is 2.98. The van der Waals surface area contributed by atoms with Crippen molar-refractivity contribution < 1.29 is 24.2 Å². The predicted octanol–water partition coefficient (Wildman–Crippen LogP) is 1.09. The van der Waals surface area contributed by atoms with Crippen LogP contribution in [0.15, 0.2) is 16.7 Å². The van der Waals surface area contributed by atoms with E-state index in [2.05, 4.69) is 25.7 Å². The van der Waals surface area contributed by atoms with E-state index in [1.807, 2.05) is 0 Å². The summed E-state index contributed by atoms with van der Waals surface area (Å²) >= 11 is 3.08. The molecule has 1 N–H and O–H groups in total. The van der Waals surface area contributed by atoms with E-state index in [0.29, 0.717) is 4.60 Å². The molecule has 6 nitrogen and oxygen atoms in total. The second kappa shape index (κ2) is 5.45. The highest BCUT2D eigenvalue weighted by Crippen LogP contribution is 2.20. The van der Waals surface area contributed by atoms with Crippen molar-refractivity contribution in [1.29, 1.82) is 0 Å². The number of nitrogens with zero attached hydrogens (tertiary/aromatic N) is 1. The molecule has 1 aromatic rings. The molecular weight excluding hydrogens is 282 g/mol. The minimum Gasteiger partial charge on any atom is -0.479 e. The van der Waals surface area contributed by atoms with Crippen LogP contribution < -0.4 is 4.74 Å². The first-order valence-corrected chi connectivity index (χ1v) is 4.93. The molecule has 0 saturated heterocycles. The van der Waals surface area contributed by atoms with Gasteiger partial charge < -0.3 is 14.6 Å². The van der Waals surface area contributed by atoms with Crippen LogP contribution >= 0.6 is 15.9 Å². The number of carbonyl (C=O) groups is 2. The van der Waals surface area contributed by atoms with Crippen LogP contribution in [0.1, 0.15) is 10.5 Å². The molecule has 1 aromatic heterocycles. The van der Waals surface area contributed by atoms with Gasteiger partial charge in [0.2, 0.25) is 0 Å². The van der Waals surface area contributed by atoms with Crippen molar-refractivity contribution in [2.75, 3.05) is 13.7 Å². The molecule has 0 fully saturated rings. The van der Waals surface area contributed by atoms with Crippen LogP contribution in [-0.4, -0.2) is 35.7 Å². The Bertz CT molecular complexity index is 420. The third-order valence-corrected chi connectivity index (χ3v) is 2.00. The molecule has 0 aliphatic carbocycles. The van der Waals surface area contributed by atoms with E-state index in [4.69, 9.17) is 9.84 Å². The van der Waals surface area contributed by atoms with Gasteiger partial charge in [0.05, 0.1) is 7.11 Å². The Hall–Kier alpha value is -1.63. The van der Waals surface area contributed by atoms with Gasteiger partial charge in [-0.1, -0.05) is 0 Å². The van der Waals surface area contributed by atoms with Crippen LogP contribution in [0.4, 0.5) is 0 Å². The van der Waals surface area contributed by atoms with Gasteiger partial charge in [-0.05, 0) is 28.1 Å². The molecule has 0 aromatic carbocycles. The first-order chi connectivity index (χ1) is 7.54. The Kier molecular flexibility index (Phi) is 4.24. The molecule has 0 spiro atoms. The summed E-state index contributed by atoms with van der Waals surface area (Å²) in [5, 5.41) is 8.45. The van der Waals surface area contributed by atoms with Gasteiger partial charge in [-0.2, -0.15) is 0 Å². The minimum absolute atomic E-state index is 0.0671. The zero-order chi connectivity index (χ0) is 12.1. The molecule has 16 heavy (non-hydrogen) atoms. The molecule has 0 amide bonds. The summed E-state index contributed by atoms with van der Waals surface area (Å²) in [5.74, 6) is -1.77. The van der Waals surface area contributed by atoms with Gasteiger partial charge in [-0.3, -0.25) is 0 Å². The molecule has 86 valence electrons. The Labute approximate surface area is 99.3 Å². The van der Waals surface area contributed by atoms with Crippen molar-refractivity contribution in [1.82, 2.24) is 4.98 Å². The average molecular weight is 290 g/mol. The summed E-state index contributed by atoms with van der Waals surface area (Å²) in [5.41, 5.74) is -0.0712. The van der Waals surface area contributed by atoms with E-state index >= 15 is 0 Å². The number of esters is 1. The monoisotopic (exact) mass is 289 g/mol. The third kappa shape index (κ3) is 3.20. The van der Waals surface area contributed by atoms with Gasteiger partial charge in [0, 0.05) is 0 Å². The first-order valence-electron chi connectivity index (χ1n) is 4.14. The van der Waals surface area contributed by atoms with Gasteiger partial charge in [0.1, 0.15) is 4.60 Å². The molecule has 0 saturated carbocycles. The molecule has 0 aliphatic heterocycles. The van der Waals surface area contributed by atoms with E-state index in [1.165, 1.54) is 19.2 Å². The fourth-order valence-electron chi connectivity index (χ4n) is 0.921. The van der Waals surface area contributed by atoms with Crippen molar-refractivity contribution in [2.24, 2.45) is 0 Å². The predicted molar refractivity (Wildman–Crippen MR) is 56.4 cm³/mol. The number of pyridine rings is 1. The maximum Gasteiger partial charge on any atom is 0.360 e. The van der Waals surface area contributed by atoms with Crippen molar-refractivity contribution >= 4 is 27.9 Å². The molecular formula is C9H8BrNO5. The lowest BCUT2D eigenvalue weighted by atomic mass is 10.3. The van der Waals surface area contributed by atoms with Gasteiger partial charge in [0.25, 0.3) is 0 Å². The van der Waals surface area contributed by atoms with Crippen LogP contribution in [-0.2, 0) is 9.53 Å². The smallest absolute Gasteiger partial charge is 0.360 e. The third-order valence-electron chi connectivity index (χ3n) is 1.55. The van der Waals surface area contributed by atoms with E-state index < -0.39 is 18.5 Å². The standard InChI is InChI=1S/C9H8BrNO5/c1-15-9(14)8-5(16-4-7(12)13)2-3-6(10)11-8/h2-3H,4H2,1H3,(H,12,13). The Morgan fingerprint density at radius 2 is 2.19 bits per heavy atom. The largest absolute Gasteiger partial charge is 0.479 e. The topological polar surface area (TPSA) is 85.7 Å². The molecule has 0 aliphatic rings. The number of ether oxygens (including phenoxy) is 2. The number of halogens is 1. The van der Waals surface area contributed by atoms with Crippen molar-refractivity contribution in [3.05, 3.63) is 22.4 Å². The zero-order valence-electron chi connectivity index (χ0n) is 8.27. The molecule has 1 heterocycles. The fraction of sp³-hybridized carbons (Fsp3) is 0.222. The lowest BCUT2D eigenvalue weighted by Gasteiger charge is -2.07. The maximum absolute atomic E-state index is 11.3. The fourth-order valence-corrected chi connectivity index (χ4v) is 1.23. The van der Waals surface area contributed by atoms with Crippen LogP contribution in [0.5, 0.6) is 5.75 Å². The number of carboxylic acid groups (broad SMARTS) is 1. The van der Waals surface area contributed by atoms with Gasteiger partial charge >= 0.3 is 11.9 Å². The Morgan fingerprint density at radius 3 is 2.75 bits per heavy atom. The number of aliphatic carboxylic acids is 1. The van der Waals surface area contributed by atoms with Crippen LogP contribution in [0.25, 0.3) is 0 Å². The van der Waals surface area contributed by atoms with Crippen LogP contribution in [0.3, 0.4) is 0 Å². The normalized spacial score (nSPS) is 9.62. The number of aromatic nitrogens is 1. The highest BCUT2D eigenvalue weighted by atomic mass is 79.9. The first kappa shape index (κ1) is 12.4.